The fourth-order valence-electron chi connectivity index (χ4n) is 1.80. The predicted molar refractivity (Wildman–Crippen MR) is 69.4 cm³/mol. The van der Waals surface area contributed by atoms with E-state index in [4.69, 9.17) is 4.43 Å². The van der Waals surface area contributed by atoms with Gasteiger partial charge in [0.2, 0.25) is 8.32 Å². The SMILES string of the molecule is CCCCCC1=C(O[Si](C)(C)C)CC=C1. The Labute approximate surface area is 95.4 Å². The molecular formula is C13H24OSi. The second kappa shape index (κ2) is 5.55. The molecule has 0 amide bonds. The monoisotopic (exact) mass is 224 g/mol. The maximum Gasteiger partial charge on any atom is 0.241 e. The van der Waals surface area contributed by atoms with Crippen molar-refractivity contribution < 1.29 is 4.43 Å². The van der Waals surface area contributed by atoms with Crippen LogP contribution in [0.1, 0.15) is 39.0 Å². The van der Waals surface area contributed by atoms with E-state index in [9.17, 15) is 0 Å². The smallest absolute Gasteiger partial charge is 0.241 e. The minimum absolute atomic E-state index is 1.02. The Kier molecular flexibility index (Phi) is 4.65. The van der Waals surface area contributed by atoms with Crippen molar-refractivity contribution in [2.45, 2.75) is 58.7 Å². The summed E-state index contributed by atoms with van der Waals surface area (Å²) < 4.78 is 6.10. The van der Waals surface area contributed by atoms with Crippen LogP contribution in [-0.2, 0) is 4.43 Å². The Morgan fingerprint density at radius 2 is 2.00 bits per heavy atom. The largest absolute Gasteiger partial charge is 0.547 e. The summed E-state index contributed by atoms with van der Waals surface area (Å²) in [4.78, 5) is 0. The molecule has 0 aromatic heterocycles. The van der Waals surface area contributed by atoms with E-state index in [2.05, 4.69) is 38.7 Å². The predicted octanol–water partition coefficient (Wildman–Crippen LogP) is 4.63. The van der Waals surface area contributed by atoms with Crippen molar-refractivity contribution in [2.75, 3.05) is 0 Å². The van der Waals surface area contributed by atoms with E-state index in [1.807, 2.05) is 0 Å². The number of hydrogen-bond acceptors (Lipinski definition) is 1. The zero-order valence-corrected chi connectivity index (χ0v) is 11.6. The molecule has 86 valence electrons. The molecule has 0 atom stereocenters. The molecule has 0 heterocycles. The number of rotatable bonds is 6. The Hall–Kier alpha value is -0.503. The minimum Gasteiger partial charge on any atom is -0.547 e. The van der Waals surface area contributed by atoms with Crippen LogP contribution >= 0.6 is 0 Å². The third kappa shape index (κ3) is 4.69. The number of unbranched alkanes of at least 4 members (excludes halogenated alkanes) is 2. The van der Waals surface area contributed by atoms with E-state index in [0.717, 1.165) is 6.42 Å². The second-order valence-electron chi connectivity index (χ2n) is 5.23. The van der Waals surface area contributed by atoms with Crippen molar-refractivity contribution >= 4 is 8.32 Å². The summed E-state index contributed by atoms with van der Waals surface area (Å²) in [5.74, 6) is 1.25. The molecule has 1 rings (SSSR count). The third-order valence-electron chi connectivity index (χ3n) is 2.46. The summed E-state index contributed by atoms with van der Waals surface area (Å²) in [7, 11) is -1.41. The topological polar surface area (TPSA) is 9.23 Å². The molecule has 0 fully saturated rings. The zero-order valence-electron chi connectivity index (χ0n) is 10.6. The summed E-state index contributed by atoms with van der Waals surface area (Å²) in [5, 5.41) is 0. The lowest BCUT2D eigenvalue weighted by molar-refractivity contribution is 0.408. The first kappa shape index (κ1) is 12.6. The molecule has 0 aromatic rings. The molecule has 0 saturated heterocycles. The molecule has 0 radical (unpaired) electrons. The summed E-state index contributed by atoms with van der Waals surface area (Å²) >= 11 is 0. The van der Waals surface area contributed by atoms with Crippen LogP contribution in [0.15, 0.2) is 23.5 Å². The van der Waals surface area contributed by atoms with Gasteiger partial charge in [-0.25, -0.2) is 0 Å². The van der Waals surface area contributed by atoms with Crippen LogP contribution in [0.3, 0.4) is 0 Å². The maximum atomic E-state index is 6.10. The lowest BCUT2D eigenvalue weighted by atomic mass is 10.1. The first-order valence-corrected chi connectivity index (χ1v) is 9.51. The Balaban J connectivity index is 2.49. The molecule has 2 heteroatoms. The van der Waals surface area contributed by atoms with Crippen molar-refractivity contribution in [3.63, 3.8) is 0 Å². The van der Waals surface area contributed by atoms with Crippen molar-refractivity contribution in [2.24, 2.45) is 0 Å². The van der Waals surface area contributed by atoms with Gasteiger partial charge < -0.3 is 4.43 Å². The fourth-order valence-corrected chi connectivity index (χ4v) is 2.75. The Morgan fingerprint density at radius 3 is 2.60 bits per heavy atom. The molecule has 0 bridgehead atoms. The van der Waals surface area contributed by atoms with Gasteiger partial charge in [0.1, 0.15) is 0 Å². The van der Waals surface area contributed by atoms with Crippen LogP contribution in [0.25, 0.3) is 0 Å². The molecule has 1 aliphatic carbocycles. The Bertz CT molecular complexity index is 258. The quantitative estimate of drug-likeness (QED) is 0.472. The summed E-state index contributed by atoms with van der Waals surface area (Å²) in [6, 6.07) is 0. The molecule has 1 aliphatic rings. The van der Waals surface area contributed by atoms with E-state index in [0.29, 0.717) is 0 Å². The second-order valence-corrected chi connectivity index (χ2v) is 9.66. The molecular weight excluding hydrogens is 200 g/mol. The average Bonchev–Trinajstić information content (AvgIpc) is 2.50. The van der Waals surface area contributed by atoms with Crippen LogP contribution in [0.5, 0.6) is 0 Å². The van der Waals surface area contributed by atoms with Gasteiger partial charge in [-0.15, -0.1) is 0 Å². The zero-order chi connectivity index (χ0) is 11.3. The van der Waals surface area contributed by atoms with Crippen molar-refractivity contribution in [1.29, 1.82) is 0 Å². The van der Waals surface area contributed by atoms with Gasteiger partial charge in [0, 0.05) is 6.42 Å². The summed E-state index contributed by atoms with van der Waals surface area (Å²) in [6.45, 7) is 9.00. The van der Waals surface area contributed by atoms with Gasteiger partial charge in [0.25, 0.3) is 0 Å². The molecule has 0 unspecified atom stereocenters. The molecule has 0 N–H and O–H groups in total. The molecule has 15 heavy (non-hydrogen) atoms. The molecule has 1 nitrogen and oxygen atoms in total. The van der Waals surface area contributed by atoms with Crippen LogP contribution in [0.2, 0.25) is 19.6 Å². The Morgan fingerprint density at radius 1 is 1.27 bits per heavy atom. The highest BCUT2D eigenvalue weighted by molar-refractivity contribution is 6.70. The first-order chi connectivity index (χ1) is 7.03. The summed E-state index contributed by atoms with van der Waals surface area (Å²) in [5.41, 5.74) is 1.45. The highest BCUT2D eigenvalue weighted by atomic mass is 28.4. The van der Waals surface area contributed by atoms with Crippen molar-refractivity contribution in [1.82, 2.24) is 0 Å². The lowest BCUT2D eigenvalue weighted by Crippen LogP contribution is -2.24. The van der Waals surface area contributed by atoms with E-state index in [1.54, 1.807) is 0 Å². The van der Waals surface area contributed by atoms with Gasteiger partial charge in [0.15, 0.2) is 0 Å². The van der Waals surface area contributed by atoms with Gasteiger partial charge >= 0.3 is 0 Å². The minimum atomic E-state index is -1.41. The summed E-state index contributed by atoms with van der Waals surface area (Å²) in [6.07, 6.45) is 10.6. The average molecular weight is 224 g/mol. The number of hydrogen-bond donors (Lipinski definition) is 0. The first-order valence-electron chi connectivity index (χ1n) is 6.10. The van der Waals surface area contributed by atoms with Crippen LogP contribution < -0.4 is 0 Å². The van der Waals surface area contributed by atoms with Crippen molar-refractivity contribution in [3.05, 3.63) is 23.5 Å². The molecule has 0 spiro atoms. The van der Waals surface area contributed by atoms with E-state index >= 15 is 0 Å². The normalized spacial score (nSPS) is 16.3. The van der Waals surface area contributed by atoms with Gasteiger partial charge in [-0.1, -0.05) is 31.9 Å². The van der Waals surface area contributed by atoms with E-state index < -0.39 is 8.32 Å². The molecule has 0 aromatic carbocycles. The van der Waals surface area contributed by atoms with E-state index in [-0.39, 0.29) is 0 Å². The lowest BCUT2D eigenvalue weighted by Gasteiger charge is -2.21. The fraction of sp³-hybridized carbons (Fsp3) is 0.692. The highest BCUT2D eigenvalue weighted by Gasteiger charge is 2.20. The van der Waals surface area contributed by atoms with Crippen LogP contribution in [0, 0.1) is 0 Å². The van der Waals surface area contributed by atoms with E-state index in [1.165, 1.54) is 37.0 Å². The number of allylic oxidation sites excluding steroid dienone is 3. The highest BCUT2D eigenvalue weighted by Crippen LogP contribution is 2.27. The van der Waals surface area contributed by atoms with Crippen molar-refractivity contribution in [3.8, 4) is 0 Å². The van der Waals surface area contributed by atoms with Crippen LogP contribution in [-0.4, -0.2) is 8.32 Å². The standard InChI is InChI=1S/C13H24OSi/c1-5-6-7-9-12-10-8-11-13(12)14-15(2,3)4/h8,10H,5-7,9,11H2,1-4H3. The third-order valence-corrected chi connectivity index (χ3v) is 3.32. The van der Waals surface area contributed by atoms with Gasteiger partial charge in [-0.3, -0.25) is 0 Å². The van der Waals surface area contributed by atoms with Gasteiger partial charge in [0.05, 0.1) is 5.76 Å². The maximum absolute atomic E-state index is 6.10. The molecule has 0 saturated carbocycles. The van der Waals surface area contributed by atoms with Gasteiger partial charge in [-0.2, -0.15) is 0 Å². The van der Waals surface area contributed by atoms with Gasteiger partial charge in [-0.05, 0) is 38.1 Å². The van der Waals surface area contributed by atoms with Crippen LogP contribution in [0.4, 0.5) is 0 Å². The molecule has 0 aliphatic heterocycles.